The number of benzene rings is 1. The maximum absolute atomic E-state index is 13.1. The summed E-state index contributed by atoms with van der Waals surface area (Å²) >= 11 is 0. The maximum Gasteiger partial charge on any atom is 0.254 e. The van der Waals surface area contributed by atoms with Crippen LogP contribution >= 0.6 is 12.4 Å². The zero-order chi connectivity index (χ0) is 18.9. The average Bonchev–Trinajstić information content (AvgIpc) is 3.03. The van der Waals surface area contributed by atoms with Gasteiger partial charge in [0.25, 0.3) is 5.91 Å². The molecule has 1 aromatic carbocycles. The van der Waals surface area contributed by atoms with Crippen LogP contribution in [0.4, 0.5) is 0 Å². The number of rotatable bonds is 4. The van der Waals surface area contributed by atoms with E-state index in [4.69, 9.17) is 5.73 Å². The van der Waals surface area contributed by atoms with Crippen LogP contribution in [0.15, 0.2) is 23.1 Å². The summed E-state index contributed by atoms with van der Waals surface area (Å²) in [6, 6.07) is 5.16. The number of halogens is 1. The van der Waals surface area contributed by atoms with Crippen LogP contribution in [0.2, 0.25) is 0 Å². The summed E-state index contributed by atoms with van der Waals surface area (Å²) in [6.07, 6.45) is 3.75. The van der Waals surface area contributed by atoms with Crippen LogP contribution in [0.3, 0.4) is 0 Å². The first kappa shape index (κ1) is 22.1. The molecule has 3 rings (SSSR count). The number of sulfonamides is 1. The van der Waals surface area contributed by atoms with Gasteiger partial charge in [0.15, 0.2) is 0 Å². The molecular formula is C19H30ClN3O3S. The van der Waals surface area contributed by atoms with Crippen LogP contribution < -0.4 is 5.73 Å². The fourth-order valence-corrected chi connectivity index (χ4v) is 5.79. The van der Waals surface area contributed by atoms with E-state index in [0.29, 0.717) is 43.2 Å². The summed E-state index contributed by atoms with van der Waals surface area (Å²) in [7, 11) is -3.56. The summed E-state index contributed by atoms with van der Waals surface area (Å²) < 4.78 is 27.7. The largest absolute Gasteiger partial charge is 0.336 e. The third-order valence-corrected chi connectivity index (χ3v) is 7.66. The molecular weight excluding hydrogens is 386 g/mol. The minimum Gasteiger partial charge on any atom is -0.336 e. The molecule has 0 spiro atoms. The van der Waals surface area contributed by atoms with E-state index in [9.17, 15) is 13.2 Å². The fraction of sp³-hybridized carbons (Fsp3) is 0.632. The number of amides is 1. The Morgan fingerprint density at radius 3 is 2.48 bits per heavy atom. The van der Waals surface area contributed by atoms with E-state index in [1.165, 1.54) is 0 Å². The summed E-state index contributed by atoms with van der Waals surface area (Å²) in [5.41, 5.74) is 6.88. The van der Waals surface area contributed by atoms with Gasteiger partial charge in [-0.2, -0.15) is 4.31 Å². The second kappa shape index (κ2) is 8.90. The van der Waals surface area contributed by atoms with Crippen molar-refractivity contribution in [3.8, 4) is 0 Å². The molecule has 0 bridgehead atoms. The van der Waals surface area contributed by atoms with Crippen molar-refractivity contribution in [2.45, 2.75) is 50.5 Å². The highest BCUT2D eigenvalue weighted by atomic mass is 35.5. The SMILES string of the molecule is Cc1ccc(C(=O)N2CC(CN)CC2C)cc1S(=O)(=O)N1CCCCC1.Cl. The normalized spacial score (nSPS) is 23.9. The Bertz CT molecular complexity index is 778. The first-order valence-electron chi connectivity index (χ1n) is 9.46. The van der Waals surface area contributed by atoms with Crippen molar-refractivity contribution in [1.82, 2.24) is 9.21 Å². The Kier molecular flexibility index (Phi) is 7.30. The molecule has 2 heterocycles. The van der Waals surface area contributed by atoms with Crippen molar-refractivity contribution >= 4 is 28.3 Å². The van der Waals surface area contributed by atoms with E-state index in [1.807, 2.05) is 11.8 Å². The second-order valence-electron chi connectivity index (χ2n) is 7.59. The number of carbonyl (C=O) groups is 1. The molecule has 152 valence electrons. The van der Waals surface area contributed by atoms with Gasteiger partial charge in [0, 0.05) is 31.2 Å². The van der Waals surface area contributed by atoms with Crippen molar-refractivity contribution in [3.63, 3.8) is 0 Å². The van der Waals surface area contributed by atoms with Gasteiger partial charge in [0.1, 0.15) is 0 Å². The van der Waals surface area contributed by atoms with Crippen LogP contribution in [0.1, 0.15) is 48.5 Å². The molecule has 0 aliphatic carbocycles. The smallest absolute Gasteiger partial charge is 0.254 e. The lowest BCUT2D eigenvalue weighted by molar-refractivity contribution is 0.0743. The highest BCUT2D eigenvalue weighted by Crippen LogP contribution is 2.27. The van der Waals surface area contributed by atoms with E-state index >= 15 is 0 Å². The van der Waals surface area contributed by atoms with Crippen LogP contribution in [0, 0.1) is 12.8 Å². The molecule has 1 aromatic rings. The topological polar surface area (TPSA) is 83.7 Å². The molecule has 2 saturated heterocycles. The zero-order valence-corrected chi connectivity index (χ0v) is 17.7. The molecule has 0 saturated carbocycles. The Morgan fingerprint density at radius 2 is 1.89 bits per heavy atom. The van der Waals surface area contributed by atoms with Gasteiger partial charge in [-0.3, -0.25) is 4.79 Å². The number of hydrogen-bond acceptors (Lipinski definition) is 4. The predicted octanol–water partition coefficient (Wildman–Crippen LogP) is 2.40. The summed E-state index contributed by atoms with van der Waals surface area (Å²) in [4.78, 5) is 15.0. The minimum atomic E-state index is -3.56. The van der Waals surface area contributed by atoms with E-state index in [2.05, 4.69) is 0 Å². The molecule has 6 nitrogen and oxygen atoms in total. The van der Waals surface area contributed by atoms with Gasteiger partial charge < -0.3 is 10.6 Å². The lowest BCUT2D eigenvalue weighted by Crippen LogP contribution is -2.37. The van der Waals surface area contributed by atoms with Crippen molar-refractivity contribution < 1.29 is 13.2 Å². The number of hydrogen-bond donors (Lipinski definition) is 1. The highest BCUT2D eigenvalue weighted by molar-refractivity contribution is 7.89. The predicted molar refractivity (Wildman–Crippen MR) is 109 cm³/mol. The molecule has 2 aliphatic rings. The molecule has 2 fully saturated rings. The van der Waals surface area contributed by atoms with Gasteiger partial charge in [-0.15, -0.1) is 12.4 Å². The number of likely N-dealkylation sites (tertiary alicyclic amines) is 1. The van der Waals surface area contributed by atoms with E-state index in [-0.39, 0.29) is 29.3 Å². The Morgan fingerprint density at radius 1 is 1.22 bits per heavy atom. The van der Waals surface area contributed by atoms with Crippen molar-refractivity contribution in [3.05, 3.63) is 29.3 Å². The maximum atomic E-state index is 13.1. The van der Waals surface area contributed by atoms with Crippen molar-refractivity contribution in [2.75, 3.05) is 26.2 Å². The Labute approximate surface area is 168 Å². The fourth-order valence-electron chi connectivity index (χ4n) is 4.02. The molecule has 0 aromatic heterocycles. The minimum absolute atomic E-state index is 0. The van der Waals surface area contributed by atoms with Gasteiger partial charge in [0.05, 0.1) is 4.90 Å². The number of nitrogens with zero attached hydrogens (tertiary/aromatic N) is 2. The molecule has 0 radical (unpaired) electrons. The highest BCUT2D eigenvalue weighted by Gasteiger charge is 2.33. The first-order chi connectivity index (χ1) is 12.3. The van der Waals surface area contributed by atoms with Crippen LogP contribution in [0.5, 0.6) is 0 Å². The van der Waals surface area contributed by atoms with Gasteiger partial charge in [-0.25, -0.2) is 8.42 Å². The van der Waals surface area contributed by atoms with Crippen LogP contribution in [-0.2, 0) is 10.0 Å². The molecule has 8 heteroatoms. The van der Waals surface area contributed by atoms with E-state index < -0.39 is 10.0 Å². The summed E-state index contributed by atoms with van der Waals surface area (Å²) in [6.45, 7) is 6.12. The second-order valence-corrected chi connectivity index (χ2v) is 9.50. The molecule has 2 unspecified atom stereocenters. The number of carbonyl (C=O) groups excluding carboxylic acids is 1. The Balaban J connectivity index is 0.00000261. The molecule has 2 N–H and O–H groups in total. The standard InChI is InChI=1S/C19H29N3O3S.ClH/c1-14-6-7-17(19(23)22-13-16(12-20)10-15(22)2)11-18(14)26(24,25)21-8-4-3-5-9-21;/h6-7,11,15-16H,3-5,8-10,12-13,20H2,1-2H3;1H. The average molecular weight is 416 g/mol. The quantitative estimate of drug-likeness (QED) is 0.818. The van der Waals surface area contributed by atoms with Gasteiger partial charge in [0.2, 0.25) is 10.0 Å². The molecule has 2 aliphatic heterocycles. The number of aryl methyl sites for hydroxylation is 1. The summed E-state index contributed by atoms with van der Waals surface area (Å²) in [5.74, 6) is 0.208. The number of piperidine rings is 1. The lowest BCUT2D eigenvalue weighted by atomic mass is 10.1. The number of nitrogens with two attached hydrogens (primary N) is 1. The third kappa shape index (κ3) is 4.47. The molecule has 1 amide bonds. The van der Waals surface area contributed by atoms with E-state index in [0.717, 1.165) is 25.7 Å². The molecule has 27 heavy (non-hydrogen) atoms. The summed E-state index contributed by atoms with van der Waals surface area (Å²) in [5, 5.41) is 0. The first-order valence-corrected chi connectivity index (χ1v) is 10.9. The Hall–Kier alpha value is -1.15. The van der Waals surface area contributed by atoms with Crippen LogP contribution in [0.25, 0.3) is 0 Å². The molecule has 2 atom stereocenters. The van der Waals surface area contributed by atoms with E-state index in [1.54, 1.807) is 29.4 Å². The monoisotopic (exact) mass is 415 g/mol. The van der Waals surface area contributed by atoms with Crippen molar-refractivity contribution in [2.24, 2.45) is 11.7 Å². The third-order valence-electron chi connectivity index (χ3n) is 5.62. The van der Waals surface area contributed by atoms with Gasteiger partial charge in [-0.05, 0) is 63.3 Å². The zero-order valence-electron chi connectivity index (χ0n) is 16.1. The van der Waals surface area contributed by atoms with Gasteiger partial charge >= 0.3 is 0 Å². The lowest BCUT2D eigenvalue weighted by Gasteiger charge is -2.27. The van der Waals surface area contributed by atoms with Crippen LogP contribution in [-0.4, -0.2) is 55.8 Å². The van der Waals surface area contributed by atoms with Gasteiger partial charge in [-0.1, -0.05) is 12.5 Å². The van der Waals surface area contributed by atoms with Crippen molar-refractivity contribution in [1.29, 1.82) is 0 Å².